The minimum absolute atomic E-state index is 0.0476. The summed E-state index contributed by atoms with van der Waals surface area (Å²) in [6, 6.07) is 17.1. The van der Waals surface area contributed by atoms with E-state index in [1.54, 1.807) is 49.4 Å². The smallest absolute Gasteiger partial charge is 0.343 e. The highest BCUT2D eigenvalue weighted by Gasteiger charge is 3.04. The van der Waals surface area contributed by atoms with E-state index in [1.807, 2.05) is 6.07 Å². The van der Waals surface area contributed by atoms with Crippen molar-refractivity contribution >= 4 is 23.9 Å². The molecule has 2 aliphatic carbocycles. The lowest BCUT2D eigenvalue weighted by Crippen LogP contribution is -2.74. The minimum atomic E-state index is -2.53. The van der Waals surface area contributed by atoms with E-state index in [0.29, 0.717) is 0 Å². The van der Waals surface area contributed by atoms with Gasteiger partial charge in [-0.05, 0) is 24.6 Å². The Labute approximate surface area is 244 Å². The third kappa shape index (κ3) is 2.65. The highest BCUT2D eigenvalue weighted by atomic mass is 16.8. The molecular weight excluding hydrogens is 564 g/mol. The van der Waals surface area contributed by atoms with Crippen LogP contribution in [0.1, 0.15) is 29.8 Å². The molecule has 4 heterocycles. The maximum atomic E-state index is 14.2. The number of benzene rings is 2. The van der Waals surface area contributed by atoms with Gasteiger partial charge in [0.15, 0.2) is 23.9 Å². The van der Waals surface area contributed by atoms with Crippen LogP contribution in [0.2, 0.25) is 0 Å². The van der Waals surface area contributed by atoms with Gasteiger partial charge in [-0.1, -0.05) is 55.5 Å². The molecule has 6 aliphatic rings. The minimum Gasteiger partial charge on any atom is -0.456 e. The number of carbonyl (C=O) groups is 4. The molecule has 0 radical (unpaired) electrons. The van der Waals surface area contributed by atoms with Crippen LogP contribution in [-0.2, 0) is 49.4 Å². The Morgan fingerprint density at radius 2 is 1.60 bits per heavy atom. The van der Waals surface area contributed by atoms with Gasteiger partial charge in [0.1, 0.15) is 12.2 Å². The van der Waals surface area contributed by atoms with Crippen LogP contribution >= 0.6 is 0 Å². The van der Waals surface area contributed by atoms with E-state index in [-0.39, 0.29) is 12.2 Å². The van der Waals surface area contributed by atoms with Gasteiger partial charge < -0.3 is 38.6 Å². The van der Waals surface area contributed by atoms with E-state index in [2.05, 4.69) is 0 Å². The summed E-state index contributed by atoms with van der Waals surface area (Å²) in [6.07, 6.45) is -9.15. The van der Waals surface area contributed by atoms with E-state index >= 15 is 0 Å². The van der Waals surface area contributed by atoms with Crippen molar-refractivity contribution in [3.8, 4) is 0 Å². The molecule has 4 saturated heterocycles. The summed E-state index contributed by atoms with van der Waals surface area (Å²) in [7, 11) is 0. The fraction of sp³-hybridized carbons (Fsp3) is 0.484. The Bertz CT molecular complexity index is 1560. The SMILES string of the molecule is C[C@@H]1[C@H]2OC(=O)[C@]34OC5OC(=O)[C@H](OCc6ccccc6)C51C3(C2OC(=O)c1ccccc1)[C@@H](O)[C@@H]1OC(=O)[C@@H](C)[C@@]14O. The van der Waals surface area contributed by atoms with E-state index < -0.39 is 94.6 Å². The molecule has 2 aromatic rings. The zero-order valence-electron chi connectivity index (χ0n) is 23.1. The highest BCUT2D eigenvalue weighted by molar-refractivity contribution is 5.94. The molecule has 0 aromatic heterocycles. The Kier molecular flexibility index (Phi) is 5.23. The molecule has 2 spiro atoms. The van der Waals surface area contributed by atoms with Crippen LogP contribution in [0.25, 0.3) is 0 Å². The fourth-order valence-electron chi connectivity index (χ4n) is 9.23. The number of fused-ring (bicyclic) bond motifs is 2. The largest absolute Gasteiger partial charge is 0.456 e. The van der Waals surface area contributed by atoms with Crippen molar-refractivity contribution in [2.45, 2.75) is 68.5 Å². The van der Waals surface area contributed by atoms with Crippen molar-refractivity contribution in [3.63, 3.8) is 0 Å². The van der Waals surface area contributed by atoms with E-state index in [4.69, 9.17) is 28.4 Å². The van der Waals surface area contributed by atoms with Crippen LogP contribution in [0.3, 0.4) is 0 Å². The van der Waals surface area contributed by atoms with E-state index in [9.17, 15) is 29.4 Å². The van der Waals surface area contributed by atoms with Gasteiger partial charge in [0.25, 0.3) is 0 Å². The monoisotopic (exact) mass is 592 g/mol. The predicted molar refractivity (Wildman–Crippen MR) is 138 cm³/mol. The summed E-state index contributed by atoms with van der Waals surface area (Å²) < 4.78 is 36.0. The van der Waals surface area contributed by atoms with Gasteiger partial charge in [-0.2, -0.15) is 0 Å². The first-order chi connectivity index (χ1) is 20.6. The van der Waals surface area contributed by atoms with E-state index in [1.165, 1.54) is 19.1 Å². The molecule has 43 heavy (non-hydrogen) atoms. The Hall–Kier alpha value is -3.84. The summed E-state index contributed by atoms with van der Waals surface area (Å²) in [6.45, 7) is 2.98. The van der Waals surface area contributed by atoms with Gasteiger partial charge in [0.2, 0.25) is 11.9 Å². The van der Waals surface area contributed by atoms with Gasteiger partial charge in [-0.25, -0.2) is 14.4 Å². The quantitative estimate of drug-likeness (QED) is 0.369. The average molecular weight is 593 g/mol. The number of aliphatic hydroxyl groups is 2. The molecule has 6 fully saturated rings. The summed E-state index contributed by atoms with van der Waals surface area (Å²) in [5.41, 5.74) is -7.89. The summed E-state index contributed by atoms with van der Waals surface area (Å²) in [4.78, 5) is 54.2. The van der Waals surface area contributed by atoms with Gasteiger partial charge in [0.05, 0.1) is 28.9 Å². The summed E-state index contributed by atoms with van der Waals surface area (Å²) in [5.74, 6) is -5.78. The summed E-state index contributed by atoms with van der Waals surface area (Å²) in [5, 5.41) is 24.7. The van der Waals surface area contributed by atoms with Crippen molar-refractivity contribution in [2.75, 3.05) is 0 Å². The van der Waals surface area contributed by atoms with Crippen molar-refractivity contribution in [1.82, 2.24) is 0 Å². The zero-order valence-corrected chi connectivity index (χ0v) is 23.1. The number of esters is 4. The number of hydrogen-bond acceptors (Lipinski definition) is 12. The van der Waals surface area contributed by atoms with Crippen LogP contribution in [-0.4, -0.2) is 82.1 Å². The highest BCUT2D eigenvalue weighted by Crippen LogP contribution is 2.83. The first-order valence-corrected chi connectivity index (χ1v) is 14.2. The molecule has 2 N–H and O–H groups in total. The molecule has 12 atom stereocenters. The first kappa shape index (κ1) is 26.8. The molecule has 12 heteroatoms. The molecule has 2 aromatic carbocycles. The molecule has 4 unspecified atom stereocenters. The third-order valence-electron chi connectivity index (χ3n) is 10.9. The molecule has 2 bridgehead atoms. The van der Waals surface area contributed by atoms with Crippen molar-refractivity contribution in [1.29, 1.82) is 0 Å². The summed E-state index contributed by atoms with van der Waals surface area (Å²) >= 11 is 0. The number of rotatable bonds is 5. The standard InChI is InChI=1S/C31H28O12/c1-14-18-20(40-24(34)17-11-7-4-8-12-17)29-19(32)21-30(37,15(2)23(33)41-21)31(29,26(36)39-18)43-27-28(14,29)22(25(35)42-27)38-13-16-9-5-3-6-10-16/h3-12,14-15,18-22,27,32,37H,13H2,1-2H3/t14-,15-,18-,19+,20?,21+,22+,27?,28?,29?,30-,31+/m1/s1. The topological polar surface area (TPSA) is 164 Å². The zero-order chi connectivity index (χ0) is 30.1. The maximum absolute atomic E-state index is 14.2. The second-order valence-corrected chi connectivity index (χ2v) is 12.2. The second kappa shape index (κ2) is 8.41. The van der Waals surface area contributed by atoms with Crippen molar-refractivity contribution < 1.29 is 57.8 Å². The fourth-order valence-corrected chi connectivity index (χ4v) is 9.23. The molecule has 0 amide bonds. The molecule has 224 valence electrons. The average Bonchev–Trinajstić information content (AvgIpc) is 3.63. The third-order valence-corrected chi connectivity index (χ3v) is 10.9. The Morgan fingerprint density at radius 1 is 0.930 bits per heavy atom. The lowest BCUT2D eigenvalue weighted by molar-refractivity contribution is -0.279. The molecular formula is C31H28O12. The lowest BCUT2D eigenvalue weighted by Gasteiger charge is -2.51. The van der Waals surface area contributed by atoms with Crippen LogP contribution in [0.15, 0.2) is 60.7 Å². The van der Waals surface area contributed by atoms with Gasteiger partial charge >= 0.3 is 23.9 Å². The number of aliphatic hydroxyl groups excluding tert-OH is 1. The van der Waals surface area contributed by atoms with Crippen molar-refractivity contribution in [2.24, 2.45) is 22.7 Å². The van der Waals surface area contributed by atoms with Gasteiger partial charge in [-0.3, -0.25) is 4.79 Å². The first-order valence-electron chi connectivity index (χ1n) is 14.2. The Morgan fingerprint density at radius 3 is 2.30 bits per heavy atom. The molecule has 4 aliphatic heterocycles. The molecule has 2 saturated carbocycles. The van der Waals surface area contributed by atoms with Gasteiger partial charge in [-0.15, -0.1) is 0 Å². The second-order valence-electron chi connectivity index (χ2n) is 12.2. The van der Waals surface area contributed by atoms with Crippen molar-refractivity contribution in [3.05, 3.63) is 71.8 Å². The Balaban J connectivity index is 1.35. The predicted octanol–water partition coefficient (Wildman–Crippen LogP) is 0.664. The number of hydrogen-bond donors (Lipinski definition) is 2. The molecule has 12 nitrogen and oxygen atoms in total. The normalized spacial score (nSPS) is 46.5. The molecule has 8 rings (SSSR count). The van der Waals surface area contributed by atoms with Gasteiger partial charge in [0, 0.05) is 5.92 Å². The number of carbonyl (C=O) groups excluding carboxylic acids is 4. The van der Waals surface area contributed by atoms with Crippen LogP contribution < -0.4 is 0 Å². The maximum Gasteiger partial charge on any atom is 0.343 e. The van der Waals surface area contributed by atoms with E-state index in [0.717, 1.165) is 5.56 Å². The van der Waals surface area contributed by atoms with Crippen LogP contribution in [0.4, 0.5) is 0 Å². The lowest BCUT2D eigenvalue weighted by atomic mass is 9.52. The van der Waals surface area contributed by atoms with Crippen LogP contribution in [0, 0.1) is 22.7 Å². The number of ether oxygens (including phenoxy) is 6. The van der Waals surface area contributed by atoms with Crippen LogP contribution in [0.5, 0.6) is 0 Å².